The van der Waals surface area contributed by atoms with Crippen LogP contribution in [0.3, 0.4) is 0 Å². The van der Waals surface area contributed by atoms with Crippen molar-refractivity contribution in [1.82, 2.24) is 4.57 Å². The van der Waals surface area contributed by atoms with E-state index in [2.05, 4.69) is 195 Å². The van der Waals surface area contributed by atoms with Gasteiger partial charge in [0.25, 0.3) is 0 Å². The van der Waals surface area contributed by atoms with Gasteiger partial charge in [0, 0.05) is 37.7 Å². The predicted molar refractivity (Wildman–Crippen MR) is 226 cm³/mol. The maximum absolute atomic E-state index is 2.51. The first-order valence-electron chi connectivity index (χ1n) is 18.6. The Morgan fingerprint density at radius 2 is 1.09 bits per heavy atom. The van der Waals surface area contributed by atoms with Crippen molar-refractivity contribution in [3.63, 3.8) is 0 Å². The third-order valence-electron chi connectivity index (χ3n) is 12.2. The van der Waals surface area contributed by atoms with Crippen LogP contribution in [0.5, 0.6) is 0 Å². The number of aromatic nitrogens is 1. The number of thiophene rings is 1. The molecule has 7 aromatic carbocycles. The van der Waals surface area contributed by atoms with Gasteiger partial charge in [-0.1, -0.05) is 119 Å². The summed E-state index contributed by atoms with van der Waals surface area (Å²) in [6.45, 7) is 9.59. The lowest BCUT2D eigenvalue weighted by Crippen LogP contribution is -2.31. The maximum Gasteiger partial charge on any atom is 0.0727 e. The maximum atomic E-state index is 2.51. The smallest absolute Gasteiger partial charge is 0.0727 e. The molecule has 1 aliphatic carbocycles. The minimum absolute atomic E-state index is 0.0739. The van der Waals surface area contributed by atoms with Gasteiger partial charge in [0.15, 0.2) is 0 Å². The van der Waals surface area contributed by atoms with E-state index in [1.165, 1.54) is 98.5 Å². The van der Waals surface area contributed by atoms with Crippen molar-refractivity contribution in [2.75, 3.05) is 4.90 Å². The molecule has 0 radical (unpaired) electrons. The van der Waals surface area contributed by atoms with E-state index < -0.39 is 0 Å². The van der Waals surface area contributed by atoms with E-state index in [0.29, 0.717) is 0 Å². The summed E-state index contributed by atoms with van der Waals surface area (Å²) in [7, 11) is 0. The molecular formula is C50H38N2S. The molecule has 254 valence electrons. The standard InChI is InChI=1S/C50H38N2S/c1-49(2)39-21-13-11-19-35(39)37-29-42-45(30-40(37)49)51(33-15-7-5-8-16-33)44-26-24-32(28-41(44)50(42,3)4)31-23-25-43-38(27-31)48-47(36-20-12-14-22-46(36)53-48)52(43)34-17-9-6-10-18-34/h5-30H,1-4H3. The van der Waals surface area contributed by atoms with Gasteiger partial charge in [-0.15, -0.1) is 11.3 Å². The lowest BCUT2D eigenvalue weighted by molar-refractivity contribution is 0.627. The number of anilines is 3. The highest BCUT2D eigenvalue weighted by atomic mass is 32.1. The van der Waals surface area contributed by atoms with Gasteiger partial charge < -0.3 is 9.47 Å². The van der Waals surface area contributed by atoms with E-state index in [0.717, 1.165) is 0 Å². The van der Waals surface area contributed by atoms with E-state index in [1.807, 2.05) is 11.3 Å². The number of nitrogens with zero attached hydrogens (tertiary/aromatic N) is 2. The molecule has 9 aromatic rings. The van der Waals surface area contributed by atoms with Gasteiger partial charge in [-0.05, 0) is 111 Å². The second-order valence-corrected chi connectivity index (χ2v) is 16.8. The second kappa shape index (κ2) is 10.8. The summed E-state index contributed by atoms with van der Waals surface area (Å²) >= 11 is 1.90. The van der Waals surface area contributed by atoms with Crippen LogP contribution in [0.25, 0.3) is 59.1 Å². The highest BCUT2D eigenvalue weighted by molar-refractivity contribution is 7.26. The fourth-order valence-corrected chi connectivity index (χ4v) is 10.7. The summed E-state index contributed by atoms with van der Waals surface area (Å²) < 4.78 is 5.11. The van der Waals surface area contributed by atoms with Gasteiger partial charge in [-0.3, -0.25) is 0 Å². The fourth-order valence-electron chi connectivity index (χ4n) is 9.46. The topological polar surface area (TPSA) is 8.17 Å². The van der Waals surface area contributed by atoms with Crippen LogP contribution in [-0.4, -0.2) is 4.57 Å². The Hall–Kier alpha value is -5.90. The van der Waals surface area contributed by atoms with Gasteiger partial charge in [0.1, 0.15) is 0 Å². The molecule has 0 N–H and O–H groups in total. The summed E-state index contributed by atoms with van der Waals surface area (Å²) in [6.07, 6.45) is 0. The lowest BCUT2D eigenvalue weighted by atomic mass is 9.71. The Balaban J connectivity index is 1.13. The molecule has 1 aliphatic heterocycles. The minimum Gasteiger partial charge on any atom is -0.310 e. The number of para-hydroxylation sites is 2. The van der Waals surface area contributed by atoms with Crippen LogP contribution in [0.4, 0.5) is 17.1 Å². The zero-order valence-electron chi connectivity index (χ0n) is 30.3. The molecule has 3 heteroatoms. The largest absolute Gasteiger partial charge is 0.310 e. The summed E-state index contributed by atoms with van der Waals surface area (Å²) in [5.74, 6) is 0. The van der Waals surface area contributed by atoms with Crippen molar-refractivity contribution >= 4 is 59.6 Å². The van der Waals surface area contributed by atoms with Crippen LogP contribution in [0, 0.1) is 0 Å². The molecule has 2 aliphatic rings. The molecule has 0 unspecified atom stereocenters. The normalized spacial score (nSPS) is 15.1. The summed E-state index contributed by atoms with van der Waals surface area (Å²) in [6, 6.07) is 58.8. The first-order valence-corrected chi connectivity index (χ1v) is 19.4. The Labute approximate surface area is 314 Å². The second-order valence-electron chi connectivity index (χ2n) is 15.8. The Kier molecular flexibility index (Phi) is 6.27. The van der Waals surface area contributed by atoms with Crippen LogP contribution >= 0.6 is 11.3 Å². The zero-order valence-corrected chi connectivity index (χ0v) is 31.1. The van der Waals surface area contributed by atoms with E-state index in [4.69, 9.17) is 0 Å². The van der Waals surface area contributed by atoms with Gasteiger partial charge in [-0.2, -0.15) is 0 Å². The molecule has 0 atom stereocenters. The van der Waals surface area contributed by atoms with Crippen molar-refractivity contribution in [3.05, 3.63) is 180 Å². The van der Waals surface area contributed by atoms with Crippen LogP contribution in [0.15, 0.2) is 158 Å². The lowest BCUT2D eigenvalue weighted by Gasteiger charge is -2.43. The Morgan fingerprint density at radius 3 is 1.91 bits per heavy atom. The molecule has 11 rings (SSSR count). The number of rotatable bonds is 3. The summed E-state index contributed by atoms with van der Waals surface area (Å²) in [4.78, 5) is 2.50. The molecule has 53 heavy (non-hydrogen) atoms. The van der Waals surface area contributed by atoms with Gasteiger partial charge >= 0.3 is 0 Å². The van der Waals surface area contributed by atoms with E-state index in [1.54, 1.807) is 0 Å². The zero-order chi connectivity index (χ0) is 35.6. The molecule has 0 saturated carbocycles. The van der Waals surface area contributed by atoms with Crippen LogP contribution < -0.4 is 4.90 Å². The van der Waals surface area contributed by atoms with Gasteiger partial charge in [0.2, 0.25) is 0 Å². The minimum atomic E-state index is -0.234. The van der Waals surface area contributed by atoms with Crippen molar-refractivity contribution < 1.29 is 0 Å². The van der Waals surface area contributed by atoms with Crippen LogP contribution in [0.2, 0.25) is 0 Å². The molecular weight excluding hydrogens is 661 g/mol. The molecule has 2 nitrogen and oxygen atoms in total. The van der Waals surface area contributed by atoms with Crippen LogP contribution in [-0.2, 0) is 10.8 Å². The van der Waals surface area contributed by atoms with E-state index in [-0.39, 0.29) is 10.8 Å². The monoisotopic (exact) mass is 698 g/mol. The highest BCUT2D eigenvalue weighted by Gasteiger charge is 2.42. The SMILES string of the molecule is CC1(C)c2ccccc2-c2cc3c(cc21)N(c1ccccc1)c1ccc(-c2ccc4c(c2)c2sc5ccccc5c2n4-c2ccccc2)cc1C3(C)C. The van der Waals surface area contributed by atoms with E-state index >= 15 is 0 Å². The number of fused-ring (bicyclic) bond motifs is 10. The molecule has 2 aromatic heterocycles. The number of hydrogen-bond donors (Lipinski definition) is 0. The average Bonchev–Trinajstić information content (AvgIpc) is 3.80. The van der Waals surface area contributed by atoms with Crippen molar-refractivity contribution in [2.24, 2.45) is 0 Å². The quantitative estimate of drug-likeness (QED) is 0.178. The average molecular weight is 699 g/mol. The Morgan fingerprint density at radius 1 is 0.453 bits per heavy atom. The molecule has 0 saturated heterocycles. The predicted octanol–water partition coefficient (Wildman–Crippen LogP) is 14.1. The third-order valence-corrected chi connectivity index (χ3v) is 13.4. The summed E-state index contributed by atoms with van der Waals surface area (Å²) in [5, 5.41) is 2.61. The summed E-state index contributed by atoms with van der Waals surface area (Å²) in [5.41, 5.74) is 17.8. The van der Waals surface area contributed by atoms with Gasteiger partial charge in [0.05, 0.1) is 27.1 Å². The van der Waals surface area contributed by atoms with Gasteiger partial charge in [-0.25, -0.2) is 0 Å². The molecule has 0 spiro atoms. The highest BCUT2D eigenvalue weighted by Crippen LogP contribution is 2.58. The first kappa shape index (κ1) is 30.7. The van der Waals surface area contributed by atoms with Crippen molar-refractivity contribution in [3.8, 4) is 27.9 Å². The number of hydrogen-bond acceptors (Lipinski definition) is 2. The fraction of sp³-hybridized carbons (Fsp3) is 0.120. The third kappa shape index (κ3) is 4.20. The van der Waals surface area contributed by atoms with Crippen LogP contribution in [0.1, 0.15) is 49.9 Å². The molecule has 0 fully saturated rings. The van der Waals surface area contributed by atoms with E-state index in [9.17, 15) is 0 Å². The molecule has 0 amide bonds. The molecule has 0 bridgehead atoms. The number of benzene rings is 7. The first-order chi connectivity index (χ1) is 25.8. The van der Waals surface area contributed by atoms with Crippen molar-refractivity contribution in [1.29, 1.82) is 0 Å². The van der Waals surface area contributed by atoms with Crippen molar-refractivity contribution in [2.45, 2.75) is 38.5 Å². The Bertz CT molecular complexity index is 2940. The molecule has 3 heterocycles.